The summed E-state index contributed by atoms with van der Waals surface area (Å²) in [4.78, 5) is 14.4. The van der Waals surface area contributed by atoms with E-state index in [2.05, 4.69) is 33.2 Å². The Balaban J connectivity index is 1.65. The lowest BCUT2D eigenvalue weighted by molar-refractivity contribution is 0.0915. The largest absolute Gasteiger partial charge is 0.387 e. The molecule has 0 bridgehead atoms. The van der Waals surface area contributed by atoms with E-state index in [0.717, 1.165) is 23.0 Å². The number of halogens is 1. The van der Waals surface area contributed by atoms with E-state index in [1.165, 1.54) is 11.3 Å². The number of nitrogens with one attached hydrogen (secondary N) is 1. The summed E-state index contributed by atoms with van der Waals surface area (Å²) in [6.45, 7) is 1.20. The molecule has 1 aliphatic heterocycles. The number of rotatable bonds is 4. The van der Waals surface area contributed by atoms with Gasteiger partial charge in [0.1, 0.15) is 0 Å². The van der Waals surface area contributed by atoms with Gasteiger partial charge in [0.2, 0.25) is 0 Å². The first-order chi connectivity index (χ1) is 11.1. The molecule has 4 nitrogen and oxygen atoms in total. The fourth-order valence-corrected chi connectivity index (χ4v) is 3.31. The molecular weight excluding hydrogens is 356 g/mol. The van der Waals surface area contributed by atoms with Crippen molar-refractivity contribution in [3.05, 3.63) is 63.6 Å². The predicted octanol–water partition coefficient (Wildman–Crippen LogP) is 2.90. The predicted molar refractivity (Wildman–Crippen MR) is 94.9 cm³/mol. The van der Waals surface area contributed by atoms with E-state index in [1.807, 2.05) is 36.4 Å². The minimum atomic E-state index is -0.711. The quantitative estimate of drug-likeness (QED) is 0.864. The minimum Gasteiger partial charge on any atom is -0.387 e. The van der Waals surface area contributed by atoms with Crippen LogP contribution < -0.4 is 10.2 Å². The highest BCUT2D eigenvalue weighted by molar-refractivity contribution is 9.10. The van der Waals surface area contributed by atoms with Crippen LogP contribution in [0.5, 0.6) is 0 Å². The van der Waals surface area contributed by atoms with Crippen LogP contribution in [0.1, 0.15) is 27.6 Å². The molecule has 5 heteroatoms. The molecule has 1 heterocycles. The van der Waals surface area contributed by atoms with Crippen molar-refractivity contribution in [2.45, 2.75) is 12.5 Å². The maximum Gasteiger partial charge on any atom is 0.252 e. The summed E-state index contributed by atoms with van der Waals surface area (Å²) in [5.74, 6) is -0.197. The third-order valence-electron chi connectivity index (χ3n) is 4.19. The Hall–Kier alpha value is -1.85. The smallest absolute Gasteiger partial charge is 0.252 e. The van der Waals surface area contributed by atoms with Gasteiger partial charge in [-0.05, 0) is 51.7 Å². The average molecular weight is 375 g/mol. The first kappa shape index (κ1) is 16.0. The average Bonchev–Trinajstić information content (AvgIpc) is 2.93. The second kappa shape index (κ2) is 6.72. The summed E-state index contributed by atoms with van der Waals surface area (Å²) in [5, 5.41) is 13.1. The van der Waals surface area contributed by atoms with Gasteiger partial charge in [0.15, 0.2) is 0 Å². The molecule has 3 rings (SSSR count). The number of nitrogens with zero attached hydrogens (tertiary/aromatic N) is 1. The molecule has 0 aromatic heterocycles. The van der Waals surface area contributed by atoms with Crippen molar-refractivity contribution in [2.24, 2.45) is 0 Å². The third-order valence-corrected chi connectivity index (χ3v) is 4.88. The molecule has 1 aliphatic rings. The van der Waals surface area contributed by atoms with Crippen LogP contribution in [0.4, 0.5) is 5.69 Å². The SMILES string of the molecule is CN1CCc2cc([C@@H](O)CNC(=O)c3ccccc3Br)ccc21. The van der Waals surface area contributed by atoms with Crippen LogP contribution in [0.2, 0.25) is 0 Å². The fourth-order valence-electron chi connectivity index (χ4n) is 2.84. The Morgan fingerprint density at radius 3 is 2.91 bits per heavy atom. The van der Waals surface area contributed by atoms with Crippen molar-refractivity contribution in [1.29, 1.82) is 0 Å². The molecule has 0 unspecified atom stereocenters. The molecule has 1 atom stereocenters. The van der Waals surface area contributed by atoms with Crippen molar-refractivity contribution in [1.82, 2.24) is 5.32 Å². The number of carbonyl (C=O) groups excluding carboxylic acids is 1. The molecule has 0 saturated carbocycles. The van der Waals surface area contributed by atoms with Gasteiger partial charge in [-0.15, -0.1) is 0 Å². The standard InChI is InChI=1S/C18H19BrN2O2/c1-21-9-8-12-10-13(6-7-16(12)21)17(22)11-20-18(23)14-4-2-3-5-15(14)19/h2-7,10,17,22H,8-9,11H2,1H3,(H,20,23)/t17-/m0/s1. The van der Waals surface area contributed by atoms with Gasteiger partial charge in [0.05, 0.1) is 11.7 Å². The highest BCUT2D eigenvalue weighted by Gasteiger charge is 2.18. The molecule has 23 heavy (non-hydrogen) atoms. The van der Waals surface area contributed by atoms with E-state index >= 15 is 0 Å². The number of benzene rings is 2. The summed E-state index contributed by atoms with van der Waals surface area (Å²) < 4.78 is 0.743. The number of hydrogen-bond acceptors (Lipinski definition) is 3. The number of aliphatic hydroxyl groups excluding tert-OH is 1. The summed E-state index contributed by atoms with van der Waals surface area (Å²) in [6, 6.07) is 13.2. The number of fused-ring (bicyclic) bond motifs is 1. The minimum absolute atomic E-state index is 0.189. The van der Waals surface area contributed by atoms with Gasteiger partial charge >= 0.3 is 0 Å². The zero-order chi connectivity index (χ0) is 16.4. The molecule has 0 saturated heterocycles. The normalized spacial score (nSPS) is 14.5. The Labute approximate surface area is 144 Å². The first-order valence-electron chi connectivity index (χ1n) is 7.61. The maximum absolute atomic E-state index is 12.2. The van der Waals surface area contributed by atoms with E-state index in [0.29, 0.717) is 5.56 Å². The van der Waals surface area contributed by atoms with Crippen molar-refractivity contribution < 1.29 is 9.90 Å². The number of aliphatic hydroxyl groups is 1. The molecule has 1 amide bonds. The van der Waals surface area contributed by atoms with Crippen LogP contribution in [0.3, 0.4) is 0 Å². The van der Waals surface area contributed by atoms with Crippen molar-refractivity contribution in [2.75, 3.05) is 25.0 Å². The van der Waals surface area contributed by atoms with Gasteiger partial charge in [-0.25, -0.2) is 0 Å². The van der Waals surface area contributed by atoms with Gasteiger partial charge < -0.3 is 15.3 Å². The van der Waals surface area contributed by atoms with E-state index < -0.39 is 6.10 Å². The maximum atomic E-state index is 12.2. The second-order valence-electron chi connectivity index (χ2n) is 5.77. The molecular formula is C18H19BrN2O2. The van der Waals surface area contributed by atoms with Crippen molar-refractivity contribution in [3.63, 3.8) is 0 Å². The summed E-state index contributed by atoms with van der Waals surface area (Å²) in [7, 11) is 2.07. The number of carbonyl (C=O) groups is 1. The summed E-state index contributed by atoms with van der Waals surface area (Å²) in [6.07, 6.45) is 0.285. The second-order valence-corrected chi connectivity index (χ2v) is 6.62. The highest BCUT2D eigenvalue weighted by atomic mass is 79.9. The molecule has 2 aromatic rings. The molecule has 0 aliphatic carbocycles. The van der Waals surface area contributed by atoms with Gasteiger partial charge in [-0.3, -0.25) is 4.79 Å². The van der Waals surface area contributed by atoms with E-state index in [4.69, 9.17) is 0 Å². The Morgan fingerprint density at radius 2 is 2.13 bits per heavy atom. The van der Waals surface area contributed by atoms with Crippen LogP contribution >= 0.6 is 15.9 Å². The highest BCUT2D eigenvalue weighted by Crippen LogP contribution is 2.29. The number of likely N-dealkylation sites (N-methyl/N-ethyl adjacent to an activating group) is 1. The van der Waals surface area contributed by atoms with Crippen LogP contribution in [0, 0.1) is 0 Å². The van der Waals surface area contributed by atoms with Crippen LogP contribution in [0.25, 0.3) is 0 Å². The van der Waals surface area contributed by atoms with Gasteiger partial charge in [0.25, 0.3) is 5.91 Å². The Morgan fingerprint density at radius 1 is 1.35 bits per heavy atom. The lowest BCUT2D eigenvalue weighted by Gasteiger charge is -2.16. The number of amides is 1. The lowest BCUT2D eigenvalue weighted by Crippen LogP contribution is -2.28. The molecule has 2 aromatic carbocycles. The van der Waals surface area contributed by atoms with E-state index in [-0.39, 0.29) is 12.5 Å². The Bertz CT molecular complexity index is 733. The topological polar surface area (TPSA) is 52.6 Å². The van der Waals surface area contributed by atoms with Crippen LogP contribution in [0.15, 0.2) is 46.9 Å². The van der Waals surface area contributed by atoms with Gasteiger partial charge in [0, 0.05) is 30.3 Å². The molecule has 120 valence electrons. The van der Waals surface area contributed by atoms with Gasteiger partial charge in [-0.2, -0.15) is 0 Å². The Kier molecular flexibility index (Phi) is 4.68. The van der Waals surface area contributed by atoms with Crippen molar-refractivity contribution >= 4 is 27.5 Å². The first-order valence-corrected chi connectivity index (χ1v) is 8.40. The third kappa shape index (κ3) is 3.41. The number of hydrogen-bond donors (Lipinski definition) is 2. The zero-order valence-electron chi connectivity index (χ0n) is 12.9. The monoisotopic (exact) mass is 374 g/mol. The lowest BCUT2D eigenvalue weighted by atomic mass is 10.0. The zero-order valence-corrected chi connectivity index (χ0v) is 14.5. The molecule has 0 fully saturated rings. The molecule has 0 spiro atoms. The summed E-state index contributed by atoms with van der Waals surface area (Å²) in [5.41, 5.74) is 3.88. The van der Waals surface area contributed by atoms with E-state index in [9.17, 15) is 9.90 Å². The van der Waals surface area contributed by atoms with Gasteiger partial charge in [-0.1, -0.05) is 24.3 Å². The van der Waals surface area contributed by atoms with Crippen LogP contribution in [-0.4, -0.2) is 31.2 Å². The van der Waals surface area contributed by atoms with Crippen LogP contribution in [-0.2, 0) is 6.42 Å². The van der Waals surface area contributed by atoms with E-state index in [1.54, 1.807) is 6.07 Å². The molecule has 2 N–H and O–H groups in total. The summed E-state index contributed by atoms with van der Waals surface area (Å²) >= 11 is 3.36. The fraction of sp³-hybridized carbons (Fsp3) is 0.278. The van der Waals surface area contributed by atoms with Crippen molar-refractivity contribution in [3.8, 4) is 0 Å². The number of anilines is 1. The molecule has 0 radical (unpaired) electrons.